The van der Waals surface area contributed by atoms with Crippen LogP contribution >= 0.6 is 0 Å². The quantitative estimate of drug-likeness (QED) is 0.791. The summed E-state index contributed by atoms with van der Waals surface area (Å²) in [5, 5.41) is 11.6. The molecule has 2 amide bonds. The van der Waals surface area contributed by atoms with E-state index in [1.807, 2.05) is 24.3 Å². The average molecular weight is 304 g/mol. The van der Waals surface area contributed by atoms with Crippen molar-refractivity contribution in [2.45, 2.75) is 24.9 Å². The van der Waals surface area contributed by atoms with Gasteiger partial charge in [-0.1, -0.05) is 12.1 Å². The Labute approximate surface area is 129 Å². The number of morpholine rings is 1. The molecule has 2 aliphatic rings. The van der Waals surface area contributed by atoms with E-state index < -0.39 is 0 Å². The molecule has 2 fully saturated rings. The number of ether oxygens (including phenoxy) is 1. The lowest BCUT2D eigenvalue weighted by atomic mass is 9.90. The molecule has 2 atom stereocenters. The predicted molar refractivity (Wildman–Crippen MR) is 80.6 cm³/mol. The molecule has 0 spiro atoms. The number of anilines is 1. The van der Waals surface area contributed by atoms with E-state index in [-0.39, 0.29) is 30.4 Å². The van der Waals surface area contributed by atoms with Crippen LogP contribution in [0, 0.1) is 0 Å². The number of carbonyl (C=O) groups is 2. The van der Waals surface area contributed by atoms with Gasteiger partial charge in [-0.25, -0.2) is 0 Å². The first-order valence-corrected chi connectivity index (χ1v) is 7.58. The molecule has 1 aromatic carbocycles. The second-order valence-electron chi connectivity index (χ2n) is 5.72. The molecule has 6 heteroatoms. The Morgan fingerprint density at radius 1 is 1.27 bits per heavy atom. The number of imide groups is 1. The Morgan fingerprint density at radius 3 is 2.73 bits per heavy atom. The van der Waals surface area contributed by atoms with Crippen molar-refractivity contribution in [2.24, 2.45) is 0 Å². The Balaban J connectivity index is 1.70. The highest BCUT2D eigenvalue weighted by Crippen LogP contribution is 2.27. The maximum atomic E-state index is 11.9. The number of amides is 2. The minimum atomic E-state index is -0.248. The summed E-state index contributed by atoms with van der Waals surface area (Å²) in [6, 6.07) is 7.86. The van der Waals surface area contributed by atoms with Gasteiger partial charge in [-0.15, -0.1) is 0 Å². The number of piperidine rings is 1. The van der Waals surface area contributed by atoms with Crippen LogP contribution in [0.15, 0.2) is 24.3 Å². The van der Waals surface area contributed by atoms with E-state index >= 15 is 0 Å². The number of hydrogen-bond acceptors (Lipinski definition) is 5. The normalized spacial score (nSPS) is 26.0. The Hall–Kier alpha value is -1.92. The molecule has 0 saturated carbocycles. The van der Waals surface area contributed by atoms with Gasteiger partial charge in [0.25, 0.3) is 0 Å². The largest absolute Gasteiger partial charge is 0.394 e. The highest BCUT2D eigenvalue weighted by Gasteiger charge is 2.28. The first-order valence-electron chi connectivity index (χ1n) is 7.58. The number of nitrogens with zero attached hydrogens (tertiary/aromatic N) is 1. The van der Waals surface area contributed by atoms with Crippen LogP contribution in [0.4, 0.5) is 5.69 Å². The molecule has 3 rings (SSSR count). The molecule has 6 nitrogen and oxygen atoms in total. The van der Waals surface area contributed by atoms with Crippen molar-refractivity contribution in [3.8, 4) is 0 Å². The fourth-order valence-electron chi connectivity index (χ4n) is 2.99. The van der Waals surface area contributed by atoms with E-state index in [0.717, 1.165) is 17.8 Å². The summed E-state index contributed by atoms with van der Waals surface area (Å²) >= 11 is 0. The molecule has 0 aliphatic carbocycles. The Morgan fingerprint density at radius 2 is 2.05 bits per heavy atom. The van der Waals surface area contributed by atoms with Gasteiger partial charge in [0.05, 0.1) is 25.2 Å². The number of rotatable bonds is 3. The van der Waals surface area contributed by atoms with Gasteiger partial charge in [-0.05, 0) is 24.1 Å². The maximum absolute atomic E-state index is 11.9. The lowest BCUT2D eigenvalue weighted by Gasteiger charge is -2.34. The third-order valence-electron chi connectivity index (χ3n) is 4.24. The number of hydrogen-bond donors (Lipinski definition) is 2. The number of aliphatic hydroxyl groups excluding tert-OH is 1. The maximum Gasteiger partial charge on any atom is 0.234 e. The lowest BCUT2D eigenvalue weighted by molar-refractivity contribution is -0.134. The molecule has 2 saturated heterocycles. The highest BCUT2D eigenvalue weighted by atomic mass is 16.5. The van der Waals surface area contributed by atoms with Crippen LogP contribution < -0.4 is 10.2 Å². The van der Waals surface area contributed by atoms with Crippen molar-refractivity contribution in [1.82, 2.24) is 5.32 Å². The Bertz CT molecular complexity index is 558. The first-order chi connectivity index (χ1) is 10.7. The summed E-state index contributed by atoms with van der Waals surface area (Å²) in [7, 11) is 0. The van der Waals surface area contributed by atoms with E-state index in [2.05, 4.69) is 10.2 Å². The average Bonchev–Trinajstić information content (AvgIpc) is 2.55. The van der Waals surface area contributed by atoms with Gasteiger partial charge in [0.1, 0.15) is 0 Å². The molecular formula is C16H20N2O4. The zero-order valence-electron chi connectivity index (χ0n) is 12.3. The number of carbonyl (C=O) groups excluding carboxylic acids is 2. The SMILES string of the molecule is O=C1CCC(c2ccc(N3CCO[C@H](CO)C3)cc2)C(=O)N1. The summed E-state index contributed by atoms with van der Waals surface area (Å²) in [4.78, 5) is 25.3. The van der Waals surface area contributed by atoms with Gasteiger partial charge in [-0.3, -0.25) is 14.9 Å². The van der Waals surface area contributed by atoms with Gasteiger partial charge in [-0.2, -0.15) is 0 Å². The molecule has 2 aliphatic heterocycles. The molecular weight excluding hydrogens is 284 g/mol. The van der Waals surface area contributed by atoms with Crippen LogP contribution in [-0.4, -0.2) is 49.3 Å². The van der Waals surface area contributed by atoms with Crippen molar-refractivity contribution in [3.63, 3.8) is 0 Å². The molecule has 2 N–H and O–H groups in total. The fourth-order valence-corrected chi connectivity index (χ4v) is 2.99. The molecule has 2 heterocycles. The summed E-state index contributed by atoms with van der Waals surface area (Å²) in [5.74, 6) is -0.654. The minimum Gasteiger partial charge on any atom is -0.394 e. The minimum absolute atomic E-state index is 0.0187. The van der Waals surface area contributed by atoms with Gasteiger partial charge in [0.2, 0.25) is 11.8 Å². The van der Waals surface area contributed by atoms with Crippen LogP contribution in [0.5, 0.6) is 0 Å². The van der Waals surface area contributed by atoms with Crippen LogP contribution in [0.25, 0.3) is 0 Å². The predicted octanol–water partition coefficient (Wildman–Crippen LogP) is 0.404. The lowest BCUT2D eigenvalue weighted by Crippen LogP contribution is -2.44. The second-order valence-corrected chi connectivity index (χ2v) is 5.72. The van der Waals surface area contributed by atoms with Gasteiger partial charge >= 0.3 is 0 Å². The number of benzene rings is 1. The first kappa shape index (κ1) is 15.0. The summed E-state index contributed by atoms with van der Waals surface area (Å²) in [5.41, 5.74) is 1.98. The standard InChI is InChI=1S/C16H20N2O4/c19-10-13-9-18(7-8-22-13)12-3-1-11(2-4-12)14-5-6-15(20)17-16(14)21/h1-4,13-14,19H,5-10H2,(H,17,20,21)/t13-,14?/m0/s1. The zero-order chi connectivity index (χ0) is 15.5. The third-order valence-corrected chi connectivity index (χ3v) is 4.24. The van der Waals surface area contributed by atoms with Crippen molar-refractivity contribution < 1.29 is 19.4 Å². The van der Waals surface area contributed by atoms with Crippen molar-refractivity contribution in [1.29, 1.82) is 0 Å². The number of aliphatic hydroxyl groups is 1. The topological polar surface area (TPSA) is 78.9 Å². The molecule has 0 bridgehead atoms. The third kappa shape index (κ3) is 3.13. The van der Waals surface area contributed by atoms with E-state index in [9.17, 15) is 14.7 Å². The Kier molecular flexibility index (Phi) is 4.40. The molecule has 1 unspecified atom stereocenters. The van der Waals surface area contributed by atoms with Crippen LogP contribution in [0.3, 0.4) is 0 Å². The van der Waals surface area contributed by atoms with Crippen LogP contribution in [0.2, 0.25) is 0 Å². The smallest absolute Gasteiger partial charge is 0.234 e. The monoisotopic (exact) mass is 304 g/mol. The van der Waals surface area contributed by atoms with E-state index in [4.69, 9.17) is 4.74 Å². The molecule has 22 heavy (non-hydrogen) atoms. The van der Waals surface area contributed by atoms with Gasteiger partial charge in [0.15, 0.2) is 0 Å². The molecule has 118 valence electrons. The van der Waals surface area contributed by atoms with Crippen molar-refractivity contribution >= 4 is 17.5 Å². The number of nitrogens with one attached hydrogen (secondary N) is 1. The van der Waals surface area contributed by atoms with Crippen LogP contribution in [-0.2, 0) is 14.3 Å². The second kappa shape index (κ2) is 6.46. The van der Waals surface area contributed by atoms with Crippen molar-refractivity contribution in [2.75, 3.05) is 31.2 Å². The van der Waals surface area contributed by atoms with E-state index in [1.54, 1.807) is 0 Å². The van der Waals surface area contributed by atoms with Crippen LogP contribution in [0.1, 0.15) is 24.3 Å². The van der Waals surface area contributed by atoms with Crippen molar-refractivity contribution in [3.05, 3.63) is 29.8 Å². The zero-order valence-corrected chi connectivity index (χ0v) is 12.3. The molecule has 0 aromatic heterocycles. The summed E-state index contributed by atoms with van der Waals surface area (Å²) < 4.78 is 5.45. The van der Waals surface area contributed by atoms with E-state index in [1.165, 1.54) is 0 Å². The summed E-state index contributed by atoms with van der Waals surface area (Å²) in [6.07, 6.45) is 0.803. The van der Waals surface area contributed by atoms with Gasteiger partial charge < -0.3 is 14.7 Å². The fraction of sp³-hybridized carbons (Fsp3) is 0.500. The van der Waals surface area contributed by atoms with Gasteiger partial charge in [0, 0.05) is 25.2 Å². The van der Waals surface area contributed by atoms with E-state index in [0.29, 0.717) is 26.0 Å². The molecule has 1 aromatic rings. The molecule has 0 radical (unpaired) electrons. The summed E-state index contributed by atoms with van der Waals surface area (Å²) in [6.45, 7) is 2.06. The highest BCUT2D eigenvalue weighted by molar-refractivity contribution is 6.00.